The number of nitrogens with one attached hydrogen (secondary N) is 3. The molecule has 4 aromatic rings. The van der Waals surface area contributed by atoms with E-state index in [1.807, 2.05) is 50.2 Å². The number of amides is 2. The molecule has 2 atom stereocenters. The Hall–Kier alpha value is -5.32. The van der Waals surface area contributed by atoms with E-state index in [0.717, 1.165) is 22.0 Å². The van der Waals surface area contributed by atoms with E-state index in [1.165, 1.54) is 20.1 Å². The fraction of sp³-hybridized carbons (Fsp3) is 0.351. The van der Waals surface area contributed by atoms with E-state index >= 15 is 0 Å². The number of aromatic nitrogens is 1. The second-order valence-electron chi connectivity index (χ2n) is 12.2. The van der Waals surface area contributed by atoms with E-state index in [-0.39, 0.29) is 28.8 Å². The fourth-order valence-corrected chi connectivity index (χ4v) is 6.24. The average Bonchev–Trinajstić information content (AvgIpc) is 3.31. The molecule has 1 aliphatic carbocycles. The highest BCUT2D eigenvalue weighted by molar-refractivity contribution is 5.98. The molecule has 0 saturated heterocycles. The number of carbonyl (C=O) groups excluding carboxylic acids is 2. The molecule has 3 aromatic carbocycles. The van der Waals surface area contributed by atoms with E-state index < -0.39 is 12.1 Å². The molecule has 11 nitrogen and oxygen atoms in total. The Balaban J connectivity index is 1.56. The maximum Gasteiger partial charge on any atom is 0.246 e. The summed E-state index contributed by atoms with van der Waals surface area (Å²) < 4.78 is 22.5. The van der Waals surface area contributed by atoms with Crippen LogP contribution < -0.4 is 40.3 Å². The lowest BCUT2D eigenvalue weighted by atomic mass is 9.95. The number of aryl methyl sites for hydroxylation is 1. The van der Waals surface area contributed by atoms with Crippen molar-refractivity contribution in [2.75, 3.05) is 39.1 Å². The van der Waals surface area contributed by atoms with Crippen LogP contribution in [0, 0.1) is 5.92 Å². The van der Waals surface area contributed by atoms with Crippen LogP contribution in [0.1, 0.15) is 50.8 Å². The van der Waals surface area contributed by atoms with Gasteiger partial charge in [-0.15, -0.1) is 0 Å². The van der Waals surface area contributed by atoms with E-state index in [0.29, 0.717) is 59.1 Å². The predicted octanol–water partition coefficient (Wildman–Crippen LogP) is 5.89. The maximum absolute atomic E-state index is 13.9. The number of benzene rings is 2. The quantitative estimate of drug-likeness (QED) is 0.181. The molecule has 0 radical (unpaired) electrons. The molecular weight excluding hydrogens is 612 g/mol. The highest BCUT2D eigenvalue weighted by Gasteiger charge is 2.30. The molecule has 0 bridgehead atoms. The van der Waals surface area contributed by atoms with E-state index in [1.54, 1.807) is 33.6 Å². The molecule has 0 aliphatic heterocycles. The molecule has 5 rings (SSSR count). The first-order chi connectivity index (χ1) is 23.1. The van der Waals surface area contributed by atoms with Gasteiger partial charge in [-0.05, 0) is 78.3 Å². The number of anilines is 2. The van der Waals surface area contributed by atoms with Crippen molar-refractivity contribution in [1.29, 1.82) is 0 Å². The lowest BCUT2D eigenvalue weighted by molar-refractivity contribution is -0.120. The summed E-state index contributed by atoms with van der Waals surface area (Å²) in [5.74, 6) is 1.72. The Morgan fingerprint density at radius 1 is 0.938 bits per heavy atom. The lowest BCUT2D eigenvalue weighted by Crippen LogP contribution is -2.37. The van der Waals surface area contributed by atoms with Crippen molar-refractivity contribution >= 4 is 34.1 Å². The number of carbonyl (C=O) groups is 2. The SMILES string of the molecule is COc1ccc2cc(NC(=O)C(CC(C)C)Nc3ccc4c(cc3=O)C(NC(C)=O)CCc3cc(OC)c(OC)c(OC)c3-4)cnc2c1. The molecule has 0 fully saturated rings. The number of ether oxygens (including phenoxy) is 4. The molecule has 11 heteroatoms. The van der Waals surface area contributed by atoms with Crippen LogP contribution in [0.3, 0.4) is 0 Å². The monoisotopic (exact) mass is 654 g/mol. The number of nitrogens with zero attached hydrogens (tertiary/aromatic N) is 1. The first-order valence-electron chi connectivity index (χ1n) is 15.9. The summed E-state index contributed by atoms with van der Waals surface area (Å²) in [5, 5.41) is 10.1. The number of methoxy groups -OCH3 is 4. The Kier molecular flexibility index (Phi) is 10.4. The number of pyridine rings is 1. The van der Waals surface area contributed by atoms with Gasteiger partial charge in [0.2, 0.25) is 23.0 Å². The van der Waals surface area contributed by atoms with Gasteiger partial charge in [-0.1, -0.05) is 19.9 Å². The Morgan fingerprint density at radius 3 is 2.38 bits per heavy atom. The molecule has 0 saturated carbocycles. The molecule has 1 aliphatic rings. The minimum atomic E-state index is -0.733. The highest BCUT2D eigenvalue weighted by Crippen LogP contribution is 2.50. The normalized spacial score (nSPS) is 14.2. The molecule has 252 valence electrons. The molecule has 0 spiro atoms. The number of hydrogen-bond donors (Lipinski definition) is 3. The zero-order valence-electron chi connectivity index (χ0n) is 28.4. The van der Waals surface area contributed by atoms with Gasteiger partial charge >= 0.3 is 0 Å². The van der Waals surface area contributed by atoms with Gasteiger partial charge in [0.1, 0.15) is 11.8 Å². The third-order valence-corrected chi connectivity index (χ3v) is 8.43. The van der Waals surface area contributed by atoms with Gasteiger partial charge < -0.3 is 34.9 Å². The van der Waals surface area contributed by atoms with Crippen LogP contribution in [-0.2, 0) is 16.0 Å². The predicted molar refractivity (Wildman–Crippen MR) is 186 cm³/mol. The van der Waals surface area contributed by atoms with Crippen LogP contribution in [0.2, 0.25) is 0 Å². The summed E-state index contributed by atoms with van der Waals surface area (Å²) in [6.07, 6.45) is 3.18. The van der Waals surface area contributed by atoms with Crippen molar-refractivity contribution in [2.45, 2.75) is 52.1 Å². The van der Waals surface area contributed by atoms with Gasteiger partial charge in [0, 0.05) is 23.9 Å². The number of fused-ring (bicyclic) bond motifs is 4. The number of rotatable bonds is 11. The Morgan fingerprint density at radius 2 is 1.71 bits per heavy atom. The summed E-state index contributed by atoms with van der Waals surface area (Å²) in [5.41, 5.74) is 4.20. The van der Waals surface area contributed by atoms with E-state index in [4.69, 9.17) is 18.9 Å². The smallest absolute Gasteiger partial charge is 0.246 e. The summed E-state index contributed by atoms with van der Waals surface area (Å²) in [6, 6.07) is 13.2. The molecule has 48 heavy (non-hydrogen) atoms. The molecule has 2 amide bonds. The Labute approximate surface area is 280 Å². The van der Waals surface area contributed by atoms with E-state index in [9.17, 15) is 14.4 Å². The summed E-state index contributed by atoms with van der Waals surface area (Å²) >= 11 is 0. The lowest BCUT2D eigenvalue weighted by Gasteiger charge is -2.20. The topological polar surface area (TPSA) is 137 Å². The van der Waals surface area contributed by atoms with Gasteiger partial charge in [0.25, 0.3) is 0 Å². The van der Waals surface area contributed by atoms with Crippen molar-refractivity contribution in [1.82, 2.24) is 10.3 Å². The van der Waals surface area contributed by atoms with Crippen LogP contribution in [0.15, 0.2) is 59.5 Å². The molecule has 1 aromatic heterocycles. The van der Waals surface area contributed by atoms with Gasteiger partial charge in [0.05, 0.1) is 57.6 Å². The summed E-state index contributed by atoms with van der Waals surface area (Å²) in [7, 11) is 6.26. The fourth-order valence-electron chi connectivity index (χ4n) is 6.24. The van der Waals surface area contributed by atoms with E-state index in [2.05, 4.69) is 20.9 Å². The zero-order chi connectivity index (χ0) is 34.5. The molecular formula is C37H42N4O7. The average molecular weight is 655 g/mol. The minimum Gasteiger partial charge on any atom is -0.497 e. The minimum absolute atomic E-state index is 0.141. The van der Waals surface area contributed by atoms with Crippen molar-refractivity contribution in [3.63, 3.8) is 0 Å². The zero-order valence-corrected chi connectivity index (χ0v) is 28.4. The van der Waals surface area contributed by atoms with Crippen LogP contribution >= 0.6 is 0 Å². The van der Waals surface area contributed by atoms with Gasteiger partial charge in [-0.2, -0.15) is 0 Å². The molecule has 3 N–H and O–H groups in total. The summed E-state index contributed by atoms with van der Waals surface area (Å²) in [4.78, 5) is 44.4. The third-order valence-electron chi connectivity index (χ3n) is 8.43. The Bertz CT molecular complexity index is 1910. The van der Waals surface area contributed by atoms with Gasteiger partial charge in [-0.25, -0.2) is 0 Å². The standard InChI is InChI=1S/C37H42N4O7/c1-20(2)14-31(37(44)40-24-15-22-8-10-25(45-4)17-30(22)38-19-24)41-29-13-11-26-27(18-32(29)43)28(39-21(3)42)12-9-23-16-33(46-5)35(47-6)36(48-7)34(23)26/h8,10-11,13,15-20,28,31H,9,12,14H2,1-7H3,(H,39,42)(H,40,44)(H,41,43). The van der Waals surface area contributed by atoms with Crippen molar-refractivity contribution in [3.05, 3.63) is 76.1 Å². The van der Waals surface area contributed by atoms with Gasteiger partial charge in [-0.3, -0.25) is 19.4 Å². The van der Waals surface area contributed by atoms with Crippen molar-refractivity contribution in [2.24, 2.45) is 5.92 Å². The highest BCUT2D eigenvalue weighted by atomic mass is 16.5. The van der Waals surface area contributed by atoms with Crippen LogP contribution in [0.4, 0.5) is 11.4 Å². The van der Waals surface area contributed by atoms with Crippen molar-refractivity contribution in [3.8, 4) is 34.1 Å². The third kappa shape index (κ3) is 7.15. The van der Waals surface area contributed by atoms with Crippen LogP contribution in [0.5, 0.6) is 23.0 Å². The maximum atomic E-state index is 13.9. The molecule has 1 heterocycles. The van der Waals surface area contributed by atoms with Crippen molar-refractivity contribution < 1.29 is 28.5 Å². The first-order valence-corrected chi connectivity index (χ1v) is 15.9. The summed E-state index contributed by atoms with van der Waals surface area (Å²) in [6.45, 7) is 5.48. The van der Waals surface area contributed by atoms with Crippen LogP contribution in [0.25, 0.3) is 22.0 Å². The first kappa shape index (κ1) is 34.0. The van der Waals surface area contributed by atoms with Gasteiger partial charge in [0.15, 0.2) is 11.5 Å². The van der Waals surface area contributed by atoms with Crippen LogP contribution in [-0.4, -0.2) is 51.3 Å². The second kappa shape index (κ2) is 14.6. The largest absolute Gasteiger partial charge is 0.497 e. The second-order valence-corrected chi connectivity index (χ2v) is 12.2. The number of hydrogen-bond acceptors (Lipinski definition) is 9. The molecule has 2 unspecified atom stereocenters.